The maximum atomic E-state index is 12.3. The van der Waals surface area contributed by atoms with Gasteiger partial charge in [-0.25, -0.2) is 0 Å². The zero-order chi connectivity index (χ0) is 16.9. The van der Waals surface area contributed by atoms with Crippen LogP contribution >= 0.6 is 0 Å². The molecule has 4 heteroatoms. The summed E-state index contributed by atoms with van der Waals surface area (Å²) in [6.07, 6.45) is 10.9. The highest BCUT2D eigenvalue weighted by Crippen LogP contribution is 2.38. The average molecular weight is 321 g/mol. The Kier molecular flexibility index (Phi) is 6.29. The minimum absolute atomic E-state index is 0.213. The molecule has 0 aliphatic carbocycles. The maximum Gasteiger partial charge on any atom is 0.0611 e. The number of aryl methyl sites for hydroxylation is 1. The molecule has 0 unspecified atom stereocenters. The zero-order valence-corrected chi connectivity index (χ0v) is 15.3. The minimum Gasteiger partial charge on any atom is -0.378 e. The van der Waals surface area contributed by atoms with Crippen molar-refractivity contribution in [2.45, 2.75) is 89.9 Å². The normalized spacial score (nSPS) is 21.6. The monoisotopic (exact) mass is 321 g/mol. The summed E-state index contributed by atoms with van der Waals surface area (Å²) >= 11 is 0. The quantitative estimate of drug-likeness (QED) is 0.664. The van der Waals surface area contributed by atoms with Gasteiger partial charge >= 0.3 is 0 Å². The fraction of sp³-hybridized carbons (Fsp3) is 0.789. The predicted octanol–water partition coefficient (Wildman–Crippen LogP) is 4.43. The van der Waals surface area contributed by atoms with Gasteiger partial charge in [-0.05, 0) is 65.5 Å². The van der Waals surface area contributed by atoms with Gasteiger partial charge in [-0.15, -0.1) is 10.3 Å². The van der Waals surface area contributed by atoms with E-state index in [0.717, 1.165) is 32.4 Å². The molecule has 1 fully saturated rings. The Labute approximate surface area is 141 Å². The average Bonchev–Trinajstić information content (AvgIpc) is 2.96. The molecule has 0 atom stereocenters. The molecule has 0 bridgehead atoms. The van der Waals surface area contributed by atoms with Crippen molar-refractivity contribution in [2.24, 2.45) is 0 Å². The van der Waals surface area contributed by atoms with Crippen molar-refractivity contribution < 1.29 is 9.94 Å². The van der Waals surface area contributed by atoms with Crippen molar-refractivity contribution in [3.8, 4) is 0 Å². The van der Waals surface area contributed by atoms with E-state index in [0.29, 0.717) is 0 Å². The Morgan fingerprint density at radius 1 is 0.957 bits per heavy atom. The third-order valence-electron chi connectivity index (χ3n) is 4.88. The van der Waals surface area contributed by atoms with Crippen molar-refractivity contribution in [1.29, 1.82) is 0 Å². The molecule has 23 heavy (non-hydrogen) atoms. The molecule has 1 radical (unpaired) electrons. The first-order valence-corrected chi connectivity index (χ1v) is 9.01. The molecular weight excluding hydrogens is 288 g/mol. The zero-order valence-electron chi connectivity index (χ0n) is 15.3. The number of ether oxygens (including phenoxy) is 1. The predicted molar refractivity (Wildman–Crippen MR) is 92.6 cm³/mol. The molecule has 0 aromatic carbocycles. The molecule has 0 spiro atoms. The molecule has 0 amide bonds. The van der Waals surface area contributed by atoms with Gasteiger partial charge < -0.3 is 9.30 Å². The van der Waals surface area contributed by atoms with Crippen LogP contribution in [0.5, 0.6) is 0 Å². The van der Waals surface area contributed by atoms with Crippen LogP contribution in [0.4, 0.5) is 0 Å². The highest BCUT2D eigenvalue weighted by molar-refractivity contribution is 4.96. The standard InChI is InChI=1S/C19H33N2O2/c1-18(2)15-17(16-19(3,4)21(18)22)23-14-10-6-5-7-11-20-12-8-9-13-20/h8-9,12-13,17H,5-7,10-11,14-16H2,1-4H3. The smallest absolute Gasteiger partial charge is 0.0611 e. The lowest BCUT2D eigenvalue weighted by Gasteiger charge is -2.49. The number of hydrogen-bond donors (Lipinski definition) is 0. The lowest BCUT2D eigenvalue weighted by Crippen LogP contribution is -2.59. The first kappa shape index (κ1) is 18.5. The van der Waals surface area contributed by atoms with Crippen molar-refractivity contribution in [3.63, 3.8) is 0 Å². The summed E-state index contributed by atoms with van der Waals surface area (Å²) in [5, 5.41) is 13.6. The molecule has 1 aromatic heterocycles. The van der Waals surface area contributed by atoms with E-state index in [1.54, 1.807) is 0 Å². The number of piperidine rings is 1. The van der Waals surface area contributed by atoms with E-state index in [9.17, 15) is 5.21 Å². The van der Waals surface area contributed by atoms with Crippen LogP contribution in [0.3, 0.4) is 0 Å². The largest absolute Gasteiger partial charge is 0.378 e. The molecule has 1 aliphatic heterocycles. The minimum atomic E-state index is -0.330. The van der Waals surface area contributed by atoms with E-state index in [1.165, 1.54) is 24.3 Å². The summed E-state index contributed by atoms with van der Waals surface area (Å²) in [4.78, 5) is 0. The van der Waals surface area contributed by atoms with Crippen LogP contribution in [0.2, 0.25) is 0 Å². The fourth-order valence-electron chi connectivity index (χ4n) is 3.81. The topological polar surface area (TPSA) is 37.3 Å². The van der Waals surface area contributed by atoms with Crippen LogP contribution in [0, 0.1) is 0 Å². The summed E-state index contributed by atoms with van der Waals surface area (Å²) in [7, 11) is 0. The van der Waals surface area contributed by atoms with Crippen LogP contribution in [0.25, 0.3) is 0 Å². The summed E-state index contributed by atoms with van der Waals surface area (Å²) in [6.45, 7) is 10.0. The second kappa shape index (κ2) is 7.82. The van der Waals surface area contributed by atoms with E-state index in [1.807, 2.05) is 27.7 Å². The SMILES string of the molecule is CC1(C)CC(OCCCCCCn2cccc2)CC(C)(C)N1[O]. The van der Waals surface area contributed by atoms with Crippen LogP contribution in [-0.4, -0.2) is 33.4 Å². The Balaban J connectivity index is 1.59. The summed E-state index contributed by atoms with van der Waals surface area (Å²) in [6, 6.07) is 4.15. The summed E-state index contributed by atoms with van der Waals surface area (Å²) in [5.74, 6) is 0. The van der Waals surface area contributed by atoms with E-state index in [2.05, 4.69) is 29.1 Å². The van der Waals surface area contributed by atoms with Gasteiger partial charge in [0.1, 0.15) is 0 Å². The maximum absolute atomic E-state index is 12.3. The number of nitrogens with zero attached hydrogens (tertiary/aromatic N) is 2. The van der Waals surface area contributed by atoms with Crippen molar-refractivity contribution >= 4 is 0 Å². The lowest BCUT2D eigenvalue weighted by atomic mass is 9.80. The van der Waals surface area contributed by atoms with Crippen molar-refractivity contribution in [2.75, 3.05) is 6.61 Å². The van der Waals surface area contributed by atoms with E-state index < -0.39 is 0 Å². The van der Waals surface area contributed by atoms with E-state index in [-0.39, 0.29) is 17.2 Å². The van der Waals surface area contributed by atoms with Gasteiger partial charge in [0, 0.05) is 36.6 Å². The third kappa shape index (κ3) is 5.33. The Bertz CT molecular complexity index is 436. The highest BCUT2D eigenvalue weighted by atomic mass is 16.5. The number of hydrogen-bond acceptors (Lipinski definition) is 2. The van der Waals surface area contributed by atoms with Crippen LogP contribution in [-0.2, 0) is 16.5 Å². The molecular formula is C19H33N2O2. The number of aromatic nitrogens is 1. The van der Waals surface area contributed by atoms with Crippen molar-refractivity contribution in [3.05, 3.63) is 24.5 Å². The molecule has 131 valence electrons. The Hall–Kier alpha value is -0.840. The van der Waals surface area contributed by atoms with Gasteiger partial charge in [0.25, 0.3) is 0 Å². The third-order valence-corrected chi connectivity index (χ3v) is 4.88. The van der Waals surface area contributed by atoms with Gasteiger partial charge in [0.15, 0.2) is 0 Å². The second-order valence-corrected chi connectivity index (χ2v) is 8.16. The Morgan fingerprint density at radius 2 is 1.52 bits per heavy atom. The number of unbranched alkanes of at least 4 members (excludes halogenated alkanes) is 3. The molecule has 0 N–H and O–H groups in total. The molecule has 1 aliphatic rings. The first-order chi connectivity index (χ1) is 10.8. The van der Waals surface area contributed by atoms with Gasteiger partial charge in [0.05, 0.1) is 6.10 Å². The highest BCUT2D eigenvalue weighted by Gasteiger charge is 2.46. The molecule has 2 heterocycles. The van der Waals surface area contributed by atoms with Gasteiger partial charge in [-0.1, -0.05) is 12.8 Å². The van der Waals surface area contributed by atoms with E-state index >= 15 is 0 Å². The summed E-state index contributed by atoms with van der Waals surface area (Å²) in [5.41, 5.74) is -0.660. The first-order valence-electron chi connectivity index (χ1n) is 9.01. The van der Waals surface area contributed by atoms with Gasteiger partial charge in [-0.2, -0.15) is 0 Å². The van der Waals surface area contributed by atoms with E-state index in [4.69, 9.17) is 4.74 Å². The second-order valence-electron chi connectivity index (χ2n) is 8.16. The number of hydroxylamine groups is 2. The van der Waals surface area contributed by atoms with Gasteiger partial charge in [-0.3, -0.25) is 0 Å². The molecule has 4 nitrogen and oxygen atoms in total. The molecule has 1 aromatic rings. The van der Waals surface area contributed by atoms with Crippen molar-refractivity contribution in [1.82, 2.24) is 9.63 Å². The summed E-state index contributed by atoms with van der Waals surface area (Å²) < 4.78 is 8.32. The fourth-order valence-corrected chi connectivity index (χ4v) is 3.81. The van der Waals surface area contributed by atoms with Crippen LogP contribution < -0.4 is 0 Å². The van der Waals surface area contributed by atoms with Crippen LogP contribution in [0.15, 0.2) is 24.5 Å². The lowest BCUT2D eigenvalue weighted by molar-refractivity contribution is -0.301. The Morgan fingerprint density at radius 3 is 2.13 bits per heavy atom. The molecule has 1 saturated heterocycles. The molecule has 2 rings (SSSR count). The van der Waals surface area contributed by atoms with Crippen LogP contribution in [0.1, 0.15) is 66.2 Å². The number of rotatable bonds is 8. The van der Waals surface area contributed by atoms with Gasteiger partial charge in [0.2, 0.25) is 0 Å². The molecule has 0 saturated carbocycles.